The van der Waals surface area contributed by atoms with E-state index in [0.29, 0.717) is 30.2 Å². The summed E-state index contributed by atoms with van der Waals surface area (Å²) in [5.41, 5.74) is 0.950. The summed E-state index contributed by atoms with van der Waals surface area (Å²) in [6.07, 6.45) is 1.33. The van der Waals surface area contributed by atoms with E-state index in [-0.39, 0.29) is 16.7 Å². The maximum Gasteiger partial charge on any atom is 0.244 e. The van der Waals surface area contributed by atoms with Crippen LogP contribution in [0.25, 0.3) is 21.0 Å². The largest absolute Gasteiger partial charge is 0.457 e. The van der Waals surface area contributed by atoms with E-state index in [1.807, 2.05) is 43.3 Å². The highest BCUT2D eigenvalue weighted by molar-refractivity contribution is 8.01. The lowest BCUT2D eigenvalue weighted by molar-refractivity contribution is -0.138. The molecule has 8 heteroatoms. The van der Waals surface area contributed by atoms with Crippen molar-refractivity contribution < 1.29 is 14.0 Å². The van der Waals surface area contributed by atoms with Gasteiger partial charge in [0.05, 0.1) is 21.6 Å². The first-order chi connectivity index (χ1) is 13.5. The first kappa shape index (κ1) is 17.8. The number of benzene rings is 1. The third kappa shape index (κ3) is 2.91. The van der Waals surface area contributed by atoms with E-state index in [4.69, 9.17) is 4.42 Å². The number of para-hydroxylation sites is 1. The Bertz CT molecular complexity index is 1040. The molecule has 5 rings (SSSR count). The molecule has 4 heterocycles. The van der Waals surface area contributed by atoms with Crippen molar-refractivity contribution in [2.45, 2.75) is 37.2 Å². The first-order valence-electron chi connectivity index (χ1n) is 9.22. The number of amides is 2. The second kappa shape index (κ2) is 6.63. The molecule has 3 aromatic rings. The van der Waals surface area contributed by atoms with Crippen LogP contribution in [0.5, 0.6) is 0 Å². The van der Waals surface area contributed by atoms with Crippen molar-refractivity contribution in [3.05, 3.63) is 42.2 Å². The lowest BCUT2D eigenvalue weighted by Crippen LogP contribution is -2.49. The van der Waals surface area contributed by atoms with Crippen LogP contribution in [0.4, 0.5) is 0 Å². The standard InChI is InChI=1S/C20H19N3O3S2/c1-20-9-8-17(24)23(20)14(11-27-20)18(25)21-10-12-6-7-15(26-12)19-22-13-4-2-3-5-16(13)28-19/h2-7,14H,8-11H2,1H3,(H,21,25). The van der Waals surface area contributed by atoms with Crippen molar-refractivity contribution in [3.8, 4) is 10.8 Å². The zero-order valence-electron chi connectivity index (χ0n) is 15.3. The van der Waals surface area contributed by atoms with Gasteiger partial charge in [0.1, 0.15) is 11.8 Å². The van der Waals surface area contributed by atoms with Crippen molar-refractivity contribution in [2.24, 2.45) is 0 Å². The highest BCUT2D eigenvalue weighted by Gasteiger charge is 2.52. The van der Waals surface area contributed by atoms with Crippen LogP contribution in [-0.4, -0.2) is 38.4 Å². The van der Waals surface area contributed by atoms with E-state index in [0.717, 1.165) is 21.6 Å². The smallest absolute Gasteiger partial charge is 0.244 e. The molecular formula is C20H19N3O3S2. The molecule has 0 radical (unpaired) electrons. The van der Waals surface area contributed by atoms with Crippen LogP contribution in [0.3, 0.4) is 0 Å². The Morgan fingerprint density at radius 2 is 2.21 bits per heavy atom. The van der Waals surface area contributed by atoms with Gasteiger partial charge in [0.15, 0.2) is 10.8 Å². The van der Waals surface area contributed by atoms with Crippen molar-refractivity contribution >= 4 is 45.1 Å². The summed E-state index contributed by atoms with van der Waals surface area (Å²) < 4.78 is 7.00. The molecule has 2 unspecified atom stereocenters. The molecule has 2 amide bonds. The number of fused-ring (bicyclic) bond motifs is 2. The Morgan fingerprint density at radius 3 is 3.07 bits per heavy atom. The van der Waals surface area contributed by atoms with Crippen LogP contribution in [0, 0.1) is 0 Å². The molecule has 0 aliphatic carbocycles. The van der Waals surface area contributed by atoms with Gasteiger partial charge in [0.25, 0.3) is 0 Å². The molecule has 0 saturated carbocycles. The number of hydrogen-bond acceptors (Lipinski definition) is 6. The summed E-state index contributed by atoms with van der Waals surface area (Å²) >= 11 is 3.27. The molecular weight excluding hydrogens is 394 g/mol. The summed E-state index contributed by atoms with van der Waals surface area (Å²) in [7, 11) is 0. The average molecular weight is 414 g/mol. The fourth-order valence-corrected chi connectivity index (χ4v) is 6.23. The molecule has 6 nitrogen and oxygen atoms in total. The van der Waals surface area contributed by atoms with E-state index in [2.05, 4.69) is 10.3 Å². The van der Waals surface area contributed by atoms with Crippen LogP contribution in [0.2, 0.25) is 0 Å². The van der Waals surface area contributed by atoms with E-state index in [1.165, 1.54) is 0 Å². The van der Waals surface area contributed by atoms with Gasteiger partial charge in [-0.1, -0.05) is 12.1 Å². The summed E-state index contributed by atoms with van der Waals surface area (Å²) in [5, 5.41) is 3.75. The third-order valence-corrected chi connectivity index (χ3v) is 7.91. The Balaban J connectivity index is 1.26. The molecule has 2 atom stereocenters. The Hall–Kier alpha value is -2.32. The minimum atomic E-state index is -0.399. The molecule has 0 bridgehead atoms. The predicted molar refractivity (Wildman–Crippen MR) is 110 cm³/mol. The van der Waals surface area contributed by atoms with Gasteiger partial charge >= 0.3 is 0 Å². The minimum Gasteiger partial charge on any atom is -0.457 e. The maximum absolute atomic E-state index is 12.7. The Labute approximate surface area is 170 Å². The molecule has 2 saturated heterocycles. The number of thiazole rings is 1. The van der Waals surface area contributed by atoms with Crippen LogP contribution in [-0.2, 0) is 16.1 Å². The van der Waals surface area contributed by atoms with E-state index < -0.39 is 6.04 Å². The van der Waals surface area contributed by atoms with Crippen LogP contribution < -0.4 is 5.32 Å². The molecule has 1 N–H and O–H groups in total. The van der Waals surface area contributed by atoms with Gasteiger partial charge < -0.3 is 14.6 Å². The molecule has 28 heavy (non-hydrogen) atoms. The predicted octanol–water partition coefficient (Wildman–Crippen LogP) is 3.63. The Morgan fingerprint density at radius 1 is 1.36 bits per heavy atom. The van der Waals surface area contributed by atoms with Gasteiger partial charge in [-0.25, -0.2) is 4.98 Å². The molecule has 2 fully saturated rings. The number of nitrogens with zero attached hydrogens (tertiary/aromatic N) is 2. The van der Waals surface area contributed by atoms with Gasteiger partial charge in [-0.3, -0.25) is 9.59 Å². The first-order valence-corrected chi connectivity index (χ1v) is 11.0. The molecule has 2 aromatic heterocycles. The van der Waals surface area contributed by atoms with Crippen molar-refractivity contribution in [2.75, 3.05) is 5.75 Å². The van der Waals surface area contributed by atoms with E-state index >= 15 is 0 Å². The van der Waals surface area contributed by atoms with Crippen LogP contribution in [0.15, 0.2) is 40.8 Å². The molecule has 1 aromatic carbocycles. The third-order valence-electron chi connectivity index (χ3n) is 5.35. The van der Waals surface area contributed by atoms with Crippen LogP contribution in [0.1, 0.15) is 25.5 Å². The lowest BCUT2D eigenvalue weighted by atomic mass is 10.2. The SMILES string of the molecule is CC12CCC(=O)N1C(C(=O)NCc1ccc(-c3nc4ccccc4s3)o1)CS2. The number of aromatic nitrogens is 1. The normalized spacial score (nSPS) is 24.1. The van der Waals surface area contributed by atoms with Gasteiger partial charge in [-0.05, 0) is 37.6 Å². The quantitative estimate of drug-likeness (QED) is 0.707. The zero-order valence-corrected chi connectivity index (χ0v) is 16.9. The molecule has 144 valence electrons. The van der Waals surface area contributed by atoms with Crippen molar-refractivity contribution in [3.63, 3.8) is 0 Å². The average Bonchev–Trinajstić information content (AvgIpc) is 3.43. The number of rotatable bonds is 4. The molecule has 2 aliphatic rings. The summed E-state index contributed by atoms with van der Waals surface area (Å²) in [4.78, 5) is 31.0. The molecule has 2 aliphatic heterocycles. The van der Waals surface area contributed by atoms with Gasteiger partial charge in [-0.2, -0.15) is 0 Å². The van der Waals surface area contributed by atoms with Gasteiger partial charge in [0.2, 0.25) is 11.8 Å². The molecule has 0 spiro atoms. The second-order valence-corrected chi connectivity index (χ2v) is 9.77. The van der Waals surface area contributed by atoms with Gasteiger partial charge in [0, 0.05) is 12.2 Å². The fourth-order valence-electron chi connectivity index (χ4n) is 3.87. The van der Waals surface area contributed by atoms with Crippen molar-refractivity contribution in [1.82, 2.24) is 15.2 Å². The number of carbonyl (C=O) groups excluding carboxylic acids is 2. The summed E-state index contributed by atoms with van der Waals surface area (Å²) in [6.45, 7) is 2.34. The number of hydrogen-bond donors (Lipinski definition) is 1. The van der Waals surface area contributed by atoms with Gasteiger partial charge in [-0.15, -0.1) is 23.1 Å². The topological polar surface area (TPSA) is 75.4 Å². The highest BCUT2D eigenvalue weighted by Crippen LogP contribution is 2.47. The monoisotopic (exact) mass is 413 g/mol. The van der Waals surface area contributed by atoms with E-state index in [1.54, 1.807) is 28.0 Å². The number of thioether (sulfide) groups is 1. The second-order valence-electron chi connectivity index (χ2n) is 7.24. The minimum absolute atomic E-state index is 0.0729. The maximum atomic E-state index is 12.7. The number of nitrogens with one attached hydrogen (secondary N) is 1. The lowest BCUT2D eigenvalue weighted by Gasteiger charge is -2.29. The fraction of sp³-hybridized carbons (Fsp3) is 0.350. The zero-order chi connectivity index (χ0) is 19.3. The van der Waals surface area contributed by atoms with Crippen molar-refractivity contribution in [1.29, 1.82) is 0 Å². The van der Waals surface area contributed by atoms with E-state index in [9.17, 15) is 9.59 Å². The Kier molecular flexibility index (Phi) is 4.21. The summed E-state index contributed by atoms with van der Waals surface area (Å²) in [5.74, 6) is 1.96. The highest BCUT2D eigenvalue weighted by atomic mass is 32.2. The van der Waals surface area contributed by atoms with Crippen LogP contribution >= 0.6 is 23.1 Å². The summed E-state index contributed by atoms with van der Waals surface area (Å²) in [6, 6.07) is 11.3. The number of furan rings is 1. The number of carbonyl (C=O) groups is 2.